The summed E-state index contributed by atoms with van der Waals surface area (Å²) in [5.41, 5.74) is 1.07. The van der Waals surface area contributed by atoms with Crippen molar-refractivity contribution >= 4 is 21.9 Å². The van der Waals surface area contributed by atoms with Crippen LogP contribution in [0.5, 0.6) is 0 Å². The van der Waals surface area contributed by atoms with Crippen LogP contribution in [0.25, 0.3) is 21.9 Å². The Morgan fingerprint density at radius 3 is 2.86 bits per heavy atom. The van der Waals surface area contributed by atoms with Crippen LogP contribution in [-0.2, 0) is 6.54 Å². The topological polar surface area (TPSA) is 95.6 Å². The number of hydrogen-bond acceptors (Lipinski definition) is 4. The standard InChI is InChI=1S/C21H29N5O2/c1-4-13(11-23-16-10-21(16,2)3)6-5-9-26-17-14-7-8-22-18(14)24-12-15(17)19(27)25-20(26)28/h7-8,12-13,16,23H,4-6,9-11H2,1-3H3,(H,22,24)(H,25,27,28). The van der Waals surface area contributed by atoms with Gasteiger partial charge >= 0.3 is 5.69 Å². The number of H-pyrrole nitrogens is 2. The van der Waals surface area contributed by atoms with Gasteiger partial charge in [0.1, 0.15) is 5.65 Å². The lowest BCUT2D eigenvalue weighted by Crippen LogP contribution is -2.31. The largest absolute Gasteiger partial charge is 0.346 e. The van der Waals surface area contributed by atoms with Crippen molar-refractivity contribution in [3.8, 4) is 0 Å². The first kappa shape index (κ1) is 18.9. The van der Waals surface area contributed by atoms with Crippen LogP contribution in [0, 0.1) is 11.3 Å². The van der Waals surface area contributed by atoms with Crippen molar-refractivity contribution in [3.63, 3.8) is 0 Å². The van der Waals surface area contributed by atoms with E-state index in [0.29, 0.717) is 40.5 Å². The summed E-state index contributed by atoms with van der Waals surface area (Å²) < 4.78 is 1.69. The van der Waals surface area contributed by atoms with Gasteiger partial charge in [0.05, 0.1) is 10.9 Å². The van der Waals surface area contributed by atoms with Gasteiger partial charge in [-0.3, -0.25) is 14.3 Å². The van der Waals surface area contributed by atoms with Crippen LogP contribution in [0.2, 0.25) is 0 Å². The zero-order valence-corrected chi connectivity index (χ0v) is 16.8. The number of nitrogens with zero attached hydrogens (tertiary/aromatic N) is 2. The van der Waals surface area contributed by atoms with Crippen LogP contribution in [-0.4, -0.2) is 32.1 Å². The maximum absolute atomic E-state index is 12.5. The Kier molecular flexibility index (Phi) is 4.87. The van der Waals surface area contributed by atoms with E-state index in [0.717, 1.165) is 31.2 Å². The molecule has 0 aromatic carbocycles. The maximum Gasteiger partial charge on any atom is 0.328 e. The summed E-state index contributed by atoms with van der Waals surface area (Å²) >= 11 is 0. The number of fused-ring (bicyclic) bond motifs is 3. The molecule has 7 heteroatoms. The lowest BCUT2D eigenvalue weighted by molar-refractivity contribution is 0.394. The first-order valence-corrected chi connectivity index (χ1v) is 10.2. The second kappa shape index (κ2) is 7.20. The molecule has 1 aliphatic carbocycles. The summed E-state index contributed by atoms with van der Waals surface area (Å²) in [4.78, 5) is 34.5. The zero-order chi connectivity index (χ0) is 19.9. The molecule has 7 nitrogen and oxygen atoms in total. The molecule has 2 atom stereocenters. The van der Waals surface area contributed by atoms with Crippen molar-refractivity contribution in [1.82, 2.24) is 24.8 Å². The van der Waals surface area contributed by atoms with Gasteiger partial charge in [0.25, 0.3) is 5.56 Å². The molecule has 2 unspecified atom stereocenters. The molecule has 0 saturated heterocycles. The Balaban J connectivity index is 1.50. The molecule has 4 rings (SSSR count). The lowest BCUT2D eigenvalue weighted by Gasteiger charge is -2.17. The summed E-state index contributed by atoms with van der Waals surface area (Å²) in [5, 5.41) is 4.95. The number of hydrogen-bond donors (Lipinski definition) is 3. The highest BCUT2D eigenvalue weighted by atomic mass is 16.2. The molecule has 0 radical (unpaired) electrons. The highest BCUT2D eigenvalue weighted by Gasteiger charge is 2.45. The number of pyridine rings is 1. The highest BCUT2D eigenvalue weighted by Crippen LogP contribution is 2.44. The van der Waals surface area contributed by atoms with Gasteiger partial charge < -0.3 is 10.3 Å². The van der Waals surface area contributed by atoms with E-state index in [4.69, 9.17) is 0 Å². The summed E-state index contributed by atoms with van der Waals surface area (Å²) in [6.45, 7) is 8.44. The van der Waals surface area contributed by atoms with Crippen LogP contribution >= 0.6 is 0 Å². The fourth-order valence-corrected chi connectivity index (χ4v) is 4.11. The first-order chi connectivity index (χ1) is 13.4. The second-order valence-electron chi connectivity index (χ2n) is 8.74. The van der Waals surface area contributed by atoms with Crippen molar-refractivity contribution in [3.05, 3.63) is 39.3 Å². The third kappa shape index (κ3) is 3.51. The minimum absolute atomic E-state index is 0.350. The average molecular weight is 383 g/mol. The van der Waals surface area contributed by atoms with E-state index in [1.54, 1.807) is 17.0 Å². The minimum Gasteiger partial charge on any atom is -0.346 e. The van der Waals surface area contributed by atoms with Gasteiger partial charge in [-0.2, -0.15) is 0 Å². The lowest BCUT2D eigenvalue weighted by atomic mass is 10.00. The second-order valence-corrected chi connectivity index (χ2v) is 8.74. The van der Waals surface area contributed by atoms with Gasteiger partial charge in [0, 0.05) is 30.4 Å². The molecule has 0 spiro atoms. The summed E-state index contributed by atoms with van der Waals surface area (Å²) in [5.74, 6) is 0.593. The van der Waals surface area contributed by atoms with Crippen LogP contribution in [0.15, 0.2) is 28.0 Å². The molecule has 1 saturated carbocycles. The highest BCUT2D eigenvalue weighted by molar-refractivity contribution is 6.01. The predicted octanol–water partition coefficient (Wildman–Crippen LogP) is 2.76. The normalized spacial score (nSPS) is 19.3. The van der Waals surface area contributed by atoms with Crippen molar-refractivity contribution < 1.29 is 0 Å². The quantitative estimate of drug-likeness (QED) is 0.557. The molecule has 3 aromatic rings. The zero-order valence-electron chi connectivity index (χ0n) is 16.8. The molecule has 0 bridgehead atoms. The Morgan fingerprint density at radius 1 is 1.36 bits per heavy atom. The molecule has 28 heavy (non-hydrogen) atoms. The molecule has 150 valence electrons. The smallest absolute Gasteiger partial charge is 0.328 e. The third-order valence-electron chi connectivity index (χ3n) is 6.28. The van der Waals surface area contributed by atoms with Crippen molar-refractivity contribution in [2.24, 2.45) is 11.3 Å². The number of nitrogens with one attached hydrogen (secondary N) is 3. The van der Waals surface area contributed by atoms with Gasteiger partial charge in [-0.15, -0.1) is 0 Å². The fraction of sp³-hybridized carbons (Fsp3) is 0.571. The van der Waals surface area contributed by atoms with Crippen LogP contribution in [0.4, 0.5) is 0 Å². The molecular weight excluding hydrogens is 354 g/mol. The van der Waals surface area contributed by atoms with Gasteiger partial charge in [0.15, 0.2) is 0 Å². The Morgan fingerprint density at radius 2 is 2.14 bits per heavy atom. The van der Waals surface area contributed by atoms with Gasteiger partial charge in [-0.05, 0) is 43.2 Å². The molecule has 0 aliphatic heterocycles. The monoisotopic (exact) mass is 383 g/mol. The third-order valence-corrected chi connectivity index (χ3v) is 6.28. The predicted molar refractivity (Wildman–Crippen MR) is 112 cm³/mol. The van der Waals surface area contributed by atoms with E-state index in [1.807, 2.05) is 6.07 Å². The first-order valence-electron chi connectivity index (χ1n) is 10.2. The van der Waals surface area contributed by atoms with Crippen molar-refractivity contribution in [1.29, 1.82) is 0 Å². The Hall–Kier alpha value is -2.41. The van der Waals surface area contributed by atoms with E-state index >= 15 is 0 Å². The molecule has 0 amide bonds. The number of rotatable bonds is 8. The molecule has 3 aromatic heterocycles. The molecule has 1 fully saturated rings. The molecule has 3 N–H and O–H groups in total. The summed E-state index contributed by atoms with van der Waals surface area (Å²) in [6.07, 6.45) is 7.63. The van der Waals surface area contributed by atoms with Gasteiger partial charge in [-0.25, -0.2) is 9.78 Å². The van der Waals surface area contributed by atoms with Crippen LogP contribution in [0.1, 0.15) is 46.5 Å². The van der Waals surface area contributed by atoms with E-state index < -0.39 is 0 Å². The van der Waals surface area contributed by atoms with Crippen molar-refractivity contribution in [2.75, 3.05) is 6.54 Å². The van der Waals surface area contributed by atoms with Gasteiger partial charge in [-0.1, -0.05) is 27.2 Å². The van der Waals surface area contributed by atoms with E-state index in [-0.39, 0.29) is 11.2 Å². The number of aromatic nitrogens is 4. The maximum atomic E-state index is 12.5. The number of aryl methyl sites for hydroxylation is 1. The molecular formula is C21H29N5O2. The minimum atomic E-state index is -0.380. The van der Waals surface area contributed by atoms with E-state index in [9.17, 15) is 9.59 Å². The van der Waals surface area contributed by atoms with E-state index in [2.05, 4.69) is 41.0 Å². The van der Waals surface area contributed by atoms with Crippen LogP contribution in [0.3, 0.4) is 0 Å². The average Bonchev–Trinajstić information content (AvgIpc) is 3.05. The van der Waals surface area contributed by atoms with Gasteiger partial charge in [0.2, 0.25) is 0 Å². The summed E-state index contributed by atoms with van der Waals surface area (Å²) in [6, 6.07) is 2.51. The molecule has 3 heterocycles. The Bertz CT molecular complexity index is 1110. The van der Waals surface area contributed by atoms with Crippen molar-refractivity contribution in [2.45, 2.75) is 59.0 Å². The summed E-state index contributed by atoms with van der Waals surface area (Å²) in [7, 11) is 0. The Labute approximate surface area is 163 Å². The van der Waals surface area contributed by atoms with E-state index in [1.165, 1.54) is 6.42 Å². The number of aromatic amines is 2. The fourth-order valence-electron chi connectivity index (χ4n) is 4.11. The van der Waals surface area contributed by atoms with Crippen LogP contribution < -0.4 is 16.6 Å². The SMILES string of the molecule is CCC(CCCn1c(=O)[nH]c(=O)c2cnc3[nH]ccc3c21)CNC1CC1(C)C. The molecule has 1 aliphatic rings.